The molecule has 0 spiro atoms. The molecule has 1 radical (unpaired) electrons. The standard InChI is InChI=1S/Cu.Ga.In.H2Se.6H/h;;;1H2;;;;;;. The fourth-order valence-electron chi connectivity index (χ4n) is 0. The van der Waals surface area contributed by atoms with E-state index in [1.807, 2.05) is 0 Å². The van der Waals surface area contributed by atoms with E-state index < -0.39 is 0 Å². The third kappa shape index (κ3) is 8.82. The van der Waals surface area contributed by atoms with E-state index in [0.717, 1.165) is 0 Å². The first-order valence-electron chi connectivity index (χ1n) is 0. The maximum absolute atomic E-state index is 0. The van der Waals surface area contributed by atoms with Crippen molar-refractivity contribution in [3.05, 3.63) is 0 Å². The molecule has 0 saturated heterocycles. The molecule has 0 heterocycles. The molecular weight excluding hydrogens is 327 g/mol. The summed E-state index contributed by atoms with van der Waals surface area (Å²) in [6, 6.07) is 0. The zero-order chi connectivity index (χ0) is 0. The first-order chi connectivity index (χ1) is 0. The molecule has 0 saturated carbocycles. The van der Waals surface area contributed by atoms with E-state index in [9.17, 15) is 0 Å². The van der Waals surface area contributed by atoms with Crippen molar-refractivity contribution in [3.63, 3.8) is 0 Å². The van der Waals surface area contributed by atoms with Gasteiger partial charge in [0.05, 0.1) is 0 Å². The van der Waals surface area contributed by atoms with Gasteiger partial charge in [0.2, 0.25) is 0 Å². The van der Waals surface area contributed by atoms with Gasteiger partial charge < -0.3 is 0 Å². The van der Waals surface area contributed by atoms with E-state index in [1.165, 1.54) is 0 Å². The molecule has 31 valence electrons. The van der Waals surface area contributed by atoms with Crippen LogP contribution in [0.5, 0.6) is 0 Å². The third-order valence-corrected chi connectivity index (χ3v) is 0. The Morgan fingerprint density at radius 1 is 1.00 bits per heavy atom. The Hall–Kier alpha value is 2.55. The van der Waals surface area contributed by atoms with Crippen LogP contribution >= 0.6 is 0 Å². The molecule has 0 fully saturated rings. The van der Waals surface area contributed by atoms with Crippen LogP contribution in [0.3, 0.4) is 0 Å². The summed E-state index contributed by atoms with van der Waals surface area (Å²) in [6.07, 6.45) is 0. The molecule has 0 unspecified atom stereocenters. The van der Waals surface area contributed by atoms with Crippen LogP contribution in [0.25, 0.3) is 0 Å². The molecular formula is H8CuGaInSe. The Morgan fingerprint density at radius 3 is 1.00 bits per heavy atom. The van der Waals surface area contributed by atoms with Crippen LogP contribution in [-0.4, -0.2) is 62.7 Å². The Balaban J connectivity index is 0. The number of hydrogen-bond donors (Lipinski definition) is 0. The Morgan fingerprint density at radius 2 is 1.00 bits per heavy atom. The number of hydrogen-bond acceptors (Lipinski definition) is 0. The van der Waals surface area contributed by atoms with E-state index in [1.54, 1.807) is 0 Å². The van der Waals surface area contributed by atoms with Crippen LogP contribution in [0.4, 0.5) is 0 Å². The van der Waals surface area contributed by atoms with Crippen molar-refractivity contribution in [1.82, 2.24) is 0 Å². The normalized spacial score (nSPS) is 0. The summed E-state index contributed by atoms with van der Waals surface area (Å²) < 4.78 is 0. The average Bonchev–Trinajstić information content (AvgIpc) is 0. The molecule has 0 aromatic rings. The molecule has 4 heteroatoms. The SMILES string of the molecule is [Cu].[GaH3].[InH3].[SeH2]. The van der Waals surface area contributed by atoms with Crippen LogP contribution in [-0.2, 0) is 17.1 Å². The van der Waals surface area contributed by atoms with Gasteiger partial charge in [-0.25, -0.2) is 0 Å². The third-order valence-electron chi connectivity index (χ3n) is 0. The predicted molar refractivity (Wildman–Crippen MR) is 28.4 cm³/mol. The molecule has 0 atom stereocenters. The van der Waals surface area contributed by atoms with Gasteiger partial charge in [-0.15, -0.1) is 0 Å². The van der Waals surface area contributed by atoms with Crippen LogP contribution in [0.2, 0.25) is 0 Å². The van der Waals surface area contributed by atoms with Crippen molar-refractivity contribution in [1.29, 1.82) is 0 Å². The molecule has 0 nitrogen and oxygen atoms in total. The monoisotopic (exact) mass is 335 g/mol. The zero-order valence-electron chi connectivity index (χ0n) is 0.802. The van der Waals surface area contributed by atoms with Crippen LogP contribution < -0.4 is 0 Å². The molecule has 0 aromatic carbocycles. The van der Waals surface area contributed by atoms with Gasteiger partial charge in [-0.2, -0.15) is 0 Å². The molecule has 0 aliphatic carbocycles. The summed E-state index contributed by atoms with van der Waals surface area (Å²) in [5, 5.41) is 0. The number of rotatable bonds is 0. The molecule has 0 bridgehead atoms. The van der Waals surface area contributed by atoms with E-state index in [4.69, 9.17) is 0 Å². The van der Waals surface area contributed by atoms with Gasteiger partial charge in [0.1, 0.15) is 0 Å². The van der Waals surface area contributed by atoms with Crippen LogP contribution in [0.1, 0.15) is 0 Å². The zero-order valence-corrected chi connectivity index (χ0v) is 3.84. The molecule has 0 aromatic heterocycles. The molecule has 0 amide bonds. The van der Waals surface area contributed by atoms with Crippen molar-refractivity contribution in [2.24, 2.45) is 0 Å². The van der Waals surface area contributed by atoms with Gasteiger partial charge in [0, 0.05) is 17.1 Å². The first-order valence-corrected chi connectivity index (χ1v) is 0. The summed E-state index contributed by atoms with van der Waals surface area (Å²) in [6.45, 7) is 0. The molecule has 0 aliphatic rings. The van der Waals surface area contributed by atoms with Gasteiger partial charge in [-0.05, 0) is 0 Å². The summed E-state index contributed by atoms with van der Waals surface area (Å²) >= 11 is 0. The van der Waals surface area contributed by atoms with Crippen molar-refractivity contribution in [3.8, 4) is 0 Å². The Labute approximate surface area is 78.6 Å². The minimum absolute atomic E-state index is 0. The Kier molecular flexibility index (Phi) is 137. The fourth-order valence-corrected chi connectivity index (χ4v) is 0. The summed E-state index contributed by atoms with van der Waals surface area (Å²) in [4.78, 5) is 0. The second kappa shape index (κ2) is 17.7. The Bertz CT molecular complexity index is 8.00. The summed E-state index contributed by atoms with van der Waals surface area (Å²) in [5.41, 5.74) is 0. The summed E-state index contributed by atoms with van der Waals surface area (Å²) in [7, 11) is 0. The molecule has 4 heavy (non-hydrogen) atoms. The topological polar surface area (TPSA) is 0 Å². The second-order valence-corrected chi connectivity index (χ2v) is 0. The molecule has 0 N–H and O–H groups in total. The van der Waals surface area contributed by atoms with Crippen molar-refractivity contribution < 1.29 is 17.1 Å². The molecule has 0 rings (SSSR count). The van der Waals surface area contributed by atoms with Crippen molar-refractivity contribution in [2.45, 2.75) is 0 Å². The van der Waals surface area contributed by atoms with Gasteiger partial charge in [0.15, 0.2) is 0 Å². The predicted octanol–water partition coefficient (Wildman–Crippen LogP) is -3.29. The van der Waals surface area contributed by atoms with Crippen molar-refractivity contribution >= 4 is 62.7 Å². The van der Waals surface area contributed by atoms with Gasteiger partial charge >= 0.3 is 62.7 Å². The first kappa shape index (κ1) is 31.1. The van der Waals surface area contributed by atoms with Gasteiger partial charge in [-0.1, -0.05) is 0 Å². The second-order valence-electron chi connectivity index (χ2n) is 0. The quantitative estimate of drug-likeness (QED) is 0.407. The van der Waals surface area contributed by atoms with E-state index in [2.05, 4.69) is 0 Å². The van der Waals surface area contributed by atoms with Crippen molar-refractivity contribution in [2.75, 3.05) is 0 Å². The van der Waals surface area contributed by atoms with E-state index in [0.29, 0.717) is 0 Å². The van der Waals surface area contributed by atoms with Crippen LogP contribution in [0.15, 0.2) is 0 Å². The fraction of sp³-hybridized carbons (Fsp3) is 0. The van der Waals surface area contributed by atoms with Gasteiger partial charge in [-0.3, -0.25) is 0 Å². The average molecular weight is 335 g/mol. The van der Waals surface area contributed by atoms with Crippen LogP contribution in [0, 0.1) is 0 Å². The minimum atomic E-state index is 0. The van der Waals surface area contributed by atoms with E-state index in [-0.39, 0.29) is 79.8 Å². The maximum atomic E-state index is 0. The van der Waals surface area contributed by atoms with Gasteiger partial charge in [0.25, 0.3) is 0 Å². The summed E-state index contributed by atoms with van der Waals surface area (Å²) in [5.74, 6) is 0. The van der Waals surface area contributed by atoms with E-state index >= 15 is 0 Å². The molecule has 0 aliphatic heterocycles.